The number of aliphatic hydroxyl groups excluding tert-OH is 1. The van der Waals surface area contributed by atoms with E-state index >= 15 is 0 Å². The minimum atomic E-state index is -3.36. The van der Waals surface area contributed by atoms with Crippen LogP contribution in [0, 0.1) is 0 Å². The first-order valence-corrected chi connectivity index (χ1v) is 6.40. The number of piperazine rings is 1. The predicted octanol–water partition coefficient (Wildman–Crippen LogP) is 0.672. The molecule has 0 aromatic heterocycles. The molecule has 0 radical (unpaired) electrons. The summed E-state index contributed by atoms with van der Waals surface area (Å²) in [5, 5.41) is 31.0. The van der Waals surface area contributed by atoms with Crippen LogP contribution in [0.5, 0.6) is 11.5 Å². The van der Waals surface area contributed by atoms with Gasteiger partial charge in [-0.15, -0.1) is 0 Å². The Balaban J connectivity index is 2.39. The largest absolute Gasteiger partial charge is 0.508 e. The molecule has 1 aromatic carbocycles. The van der Waals surface area contributed by atoms with Crippen LogP contribution < -0.4 is 5.32 Å². The second kappa shape index (κ2) is 5.90. The van der Waals surface area contributed by atoms with Gasteiger partial charge in [-0.1, -0.05) is 0 Å². The third-order valence-electron chi connectivity index (χ3n) is 3.37. The number of aromatic hydroxyl groups is 2. The Bertz CT molecular complexity index is 445. The third-order valence-corrected chi connectivity index (χ3v) is 3.37. The van der Waals surface area contributed by atoms with Crippen molar-refractivity contribution < 1.29 is 24.1 Å². The molecule has 1 saturated heterocycles. The van der Waals surface area contributed by atoms with E-state index in [2.05, 4.69) is 5.32 Å². The lowest BCUT2D eigenvalue weighted by molar-refractivity contribution is -0.118. The third kappa shape index (κ3) is 3.17. The number of benzene rings is 1. The van der Waals surface area contributed by atoms with Gasteiger partial charge in [0.25, 0.3) is 5.92 Å². The zero-order valence-electron chi connectivity index (χ0n) is 10.9. The van der Waals surface area contributed by atoms with Gasteiger partial charge in [-0.3, -0.25) is 4.90 Å². The Morgan fingerprint density at radius 1 is 1.15 bits per heavy atom. The molecule has 1 atom stereocenters. The monoisotopic (exact) mass is 288 g/mol. The van der Waals surface area contributed by atoms with Crippen molar-refractivity contribution in [2.75, 3.05) is 32.8 Å². The van der Waals surface area contributed by atoms with Gasteiger partial charge in [0.1, 0.15) is 24.1 Å². The summed E-state index contributed by atoms with van der Waals surface area (Å²) in [6.45, 7) is 0.650. The number of aliphatic hydroxyl groups is 1. The van der Waals surface area contributed by atoms with Crippen LogP contribution in [0.1, 0.15) is 11.6 Å². The topological polar surface area (TPSA) is 76.0 Å². The van der Waals surface area contributed by atoms with Crippen LogP contribution in [0.2, 0.25) is 0 Å². The zero-order valence-corrected chi connectivity index (χ0v) is 10.9. The Kier molecular flexibility index (Phi) is 4.42. The molecule has 0 aliphatic carbocycles. The molecule has 4 N–H and O–H groups in total. The summed E-state index contributed by atoms with van der Waals surface area (Å²) in [6.07, 6.45) is 0. The van der Waals surface area contributed by atoms with Gasteiger partial charge in [0, 0.05) is 32.2 Å². The average molecular weight is 288 g/mol. The van der Waals surface area contributed by atoms with Gasteiger partial charge in [-0.2, -0.15) is 0 Å². The van der Waals surface area contributed by atoms with Crippen LogP contribution in [0.4, 0.5) is 8.78 Å². The van der Waals surface area contributed by atoms with E-state index in [-0.39, 0.29) is 17.1 Å². The molecule has 20 heavy (non-hydrogen) atoms. The molecular formula is C13H18F2N2O3. The molecule has 2 rings (SSSR count). The fourth-order valence-electron chi connectivity index (χ4n) is 2.52. The van der Waals surface area contributed by atoms with E-state index in [1.54, 1.807) is 4.90 Å². The first-order chi connectivity index (χ1) is 9.44. The number of hydrogen-bond donors (Lipinski definition) is 4. The summed E-state index contributed by atoms with van der Waals surface area (Å²) in [7, 11) is 0. The van der Waals surface area contributed by atoms with Gasteiger partial charge >= 0.3 is 0 Å². The molecule has 0 unspecified atom stereocenters. The van der Waals surface area contributed by atoms with Gasteiger partial charge in [0.15, 0.2) is 0 Å². The van der Waals surface area contributed by atoms with E-state index < -0.39 is 18.6 Å². The molecule has 1 aliphatic rings. The lowest BCUT2D eigenvalue weighted by Crippen LogP contribution is -2.51. The van der Waals surface area contributed by atoms with E-state index in [1.807, 2.05) is 0 Å². The van der Waals surface area contributed by atoms with Crippen LogP contribution in [-0.2, 0) is 0 Å². The molecule has 1 aliphatic heterocycles. The highest BCUT2D eigenvalue weighted by atomic mass is 19.3. The van der Waals surface area contributed by atoms with Gasteiger partial charge in [-0.25, -0.2) is 8.78 Å². The molecule has 7 heteroatoms. The molecule has 0 amide bonds. The minimum absolute atomic E-state index is 0.0865. The van der Waals surface area contributed by atoms with Crippen molar-refractivity contribution in [2.45, 2.75) is 12.0 Å². The lowest BCUT2D eigenvalue weighted by Gasteiger charge is -2.38. The summed E-state index contributed by atoms with van der Waals surface area (Å²) in [4.78, 5) is 1.54. The van der Waals surface area contributed by atoms with Crippen molar-refractivity contribution in [3.63, 3.8) is 0 Å². The fourth-order valence-corrected chi connectivity index (χ4v) is 2.52. The Hall–Kier alpha value is -1.44. The Morgan fingerprint density at radius 2 is 1.70 bits per heavy atom. The number of nitrogens with zero attached hydrogens (tertiary/aromatic N) is 1. The van der Waals surface area contributed by atoms with E-state index in [4.69, 9.17) is 5.11 Å². The normalized spacial score (nSPS) is 18.9. The molecule has 1 fully saturated rings. The van der Waals surface area contributed by atoms with Gasteiger partial charge in [0.05, 0.1) is 0 Å². The number of alkyl halides is 2. The number of phenolic OH excluding ortho intramolecular Hbond substituents is 2. The molecule has 0 bridgehead atoms. The van der Waals surface area contributed by atoms with Crippen LogP contribution in [0.15, 0.2) is 18.2 Å². The molecule has 1 aromatic rings. The van der Waals surface area contributed by atoms with E-state index in [0.29, 0.717) is 26.2 Å². The number of nitrogens with one attached hydrogen (secondary N) is 1. The minimum Gasteiger partial charge on any atom is -0.508 e. The molecule has 5 nitrogen and oxygen atoms in total. The summed E-state index contributed by atoms with van der Waals surface area (Å²) in [6, 6.07) is 2.08. The SMILES string of the molecule is OCC(F)(F)[C@@H](c1cc(O)cc(O)c1)N1CCNCC1. The summed E-state index contributed by atoms with van der Waals surface area (Å²) in [5.74, 6) is -3.93. The fraction of sp³-hybridized carbons (Fsp3) is 0.538. The highest BCUT2D eigenvalue weighted by molar-refractivity contribution is 5.39. The highest BCUT2D eigenvalue weighted by Gasteiger charge is 2.44. The Labute approximate surface area is 115 Å². The van der Waals surface area contributed by atoms with Gasteiger partial charge < -0.3 is 20.6 Å². The lowest BCUT2D eigenvalue weighted by atomic mass is 9.97. The van der Waals surface area contributed by atoms with E-state index in [0.717, 1.165) is 6.07 Å². The summed E-state index contributed by atoms with van der Waals surface area (Å²) in [5.41, 5.74) is 0.0865. The average Bonchev–Trinajstić information content (AvgIpc) is 2.39. The van der Waals surface area contributed by atoms with Crippen LogP contribution >= 0.6 is 0 Å². The van der Waals surface area contributed by atoms with Crippen LogP contribution in [0.3, 0.4) is 0 Å². The number of hydrogen-bond acceptors (Lipinski definition) is 5. The smallest absolute Gasteiger partial charge is 0.289 e. The zero-order chi connectivity index (χ0) is 14.8. The molecule has 1 heterocycles. The van der Waals surface area contributed by atoms with Crippen molar-refractivity contribution in [1.82, 2.24) is 10.2 Å². The van der Waals surface area contributed by atoms with Crippen molar-refractivity contribution in [3.8, 4) is 11.5 Å². The number of phenols is 2. The van der Waals surface area contributed by atoms with E-state index in [9.17, 15) is 19.0 Å². The first-order valence-electron chi connectivity index (χ1n) is 6.40. The van der Waals surface area contributed by atoms with Crippen molar-refractivity contribution in [2.24, 2.45) is 0 Å². The molecule has 112 valence electrons. The van der Waals surface area contributed by atoms with Crippen molar-refractivity contribution in [1.29, 1.82) is 0 Å². The van der Waals surface area contributed by atoms with Gasteiger partial charge in [-0.05, 0) is 17.7 Å². The summed E-state index contributed by atoms with van der Waals surface area (Å²) < 4.78 is 28.2. The quantitative estimate of drug-likeness (QED) is 0.655. The molecular weight excluding hydrogens is 270 g/mol. The maximum Gasteiger partial charge on any atom is 0.289 e. The van der Waals surface area contributed by atoms with Crippen molar-refractivity contribution >= 4 is 0 Å². The maximum atomic E-state index is 14.1. The van der Waals surface area contributed by atoms with Crippen LogP contribution in [0.25, 0.3) is 0 Å². The maximum absolute atomic E-state index is 14.1. The van der Waals surface area contributed by atoms with Gasteiger partial charge in [0.2, 0.25) is 0 Å². The molecule has 0 spiro atoms. The second-order valence-electron chi connectivity index (χ2n) is 4.89. The molecule has 0 saturated carbocycles. The Morgan fingerprint density at radius 3 is 2.20 bits per heavy atom. The van der Waals surface area contributed by atoms with Crippen LogP contribution in [-0.4, -0.2) is 58.9 Å². The number of rotatable bonds is 4. The van der Waals surface area contributed by atoms with Crippen molar-refractivity contribution in [3.05, 3.63) is 23.8 Å². The highest BCUT2D eigenvalue weighted by Crippen LogP contribution is 2.38. The number of halogens is 2. The first kappa shape index (κ1) is 15.0. The van der Waals surface area contributed by atoms with E-state index in [1.165, 1.54) is 12.1 Å². The second-order valence-corrected chi connectivity index (χ2v) is 4.89. The standard InChI is InChI=1S/C13H18F2N2O3/c14-13(15,8-18)12(17-3-1-16-2-4-17)9-5-10(19)7-11(20)6-9/h5-7,12,16,18-20H,1-4,8H2/t12-/m1/s1. The summed E-state index contributed by atoms with van der Waals surface area (Å²) >= 11 is 0. The predicted molar refractivity (Wildman–Crippen MR) is 69.0 cm³/mol.